The average Bonchev–Trinajstić information content (AvgIpc) is 3.08. The number of carbonyl (C=O) groups excluding carboxylic acids is 1. The van der Waals surface area contributed by atoms with Gasteiger partial charge in [0.25, 0.3) is 0 Å². The van der Waals surface area contributed by atoms with Crippen LogP contribution in [-0.2, 0) is 19.4 Å². The smallest absolute Gasteiger partial charge is 0.249 e. The fourth-order valence-corrected chi connectivity index (χ4v) is 5.41. The van der Waals surface area contributed by atoms with Gasteiger partial charge in [0.1, 0.15) is 6.10 Å². The van der Waals surface area contributed by atoms with Gasteiger partial charge < -0.3 is 10.1 Å². The third kappa shape index (κ3) is 2.99. The highest BCUT2D eigenvalue weighted by molar-refractivity contribution is 7.91. The molecule has 3 atom stereocenters. The molecule has 0 bridgehead atoms. The van der Waals surface area contributed by atoms with Crippen molar-refractivity contribution in [3.8, 4) is 0 Å². The van der Waals surface area contributed by atoms with Crippen molar-refractivity contribution < 1.29 is 17.9 Å². The summed E-state index contributed by atoms with van der Waals surface area (Å²) in [7, 11) is -3.05. The van der Waals surface area contributed by atoms with Crippen molar-refractivity contribution in [3.63, 3.8) is 0 Å². The Labute approximate surface area is 119 Å². The Morgan fingerprint density at radius 2 is 1.90 bits per heavy atom. The van der Waals surface area contributed by atoms with Crippen LogP contribution >= 0.6 is 0 Å². The third-order valence-corrected chi connectivity index (χ3v) is 6.20. The van der Waals surface area contributed by atoms with Gasteiger partial charge in [-0.1, -0.05) is 0 Å². The van der Waals surface area contributed by atoms with Crippen molar-refractivity contribution in [1.29, 1.82) is 0 Å². The largest absolute Gasteiger partial charge is 0.368 e. The van der Waals surface area contributed by atoms with Crippen LogP contribution in [-0.4, -0.2) is 68.6 Å². The van der Waals surface area contributed by atoms with Crippen LogP contribution in [0.15, 0.2) is 0 Å². The van der Waals surface area contributed by atoms with Gasteiger partial charge in [-0.3, -0.25) is 9.69 Å². The molecule has 0 aromatic rings. The number of ether oxygens (including phenoxy) is 1. The topological polar surface area (TPSA) is 75.7 Å². The Hall–Kier alpha value is -0.660. The summed E-state index contributed by atoms with van der Waals surface area (Å²) in [4.78, 5) is 14.3. The molecule has 3 aliphatic heterocycles. The fourth-order valence-electron chi connectivity index (χ4n) is 3.46. The summed E-state index contributed by atoms with van der Waals surface area (Å²) in [5.74, 6) is 0.0876. The number of hydrogen-bond donors (Lipinski definition) is 1. The van der Waals surface area contributed by atoms with E-state index in [2.05, 4.69) is 10.2 Å². The van der Waals surface area contributed by atoms with Crippen molar-refractivity contribution in [1.82, 2.24) is 10.2 Å². The minimum absolute atomic E-state index is 0.0621. The Balaban J connectivity index is 1.67. The molecule has 3 fully saturated rings. The zero-order valence-corrected chi connectivity index (χ0v) is 12.4. The fraction of sp³-hybridized carbons (Fsp3) is 0.923. The van der Waals surface area contributed by atoms with Gasteiger partial charge in [-0.15, -0.1) is 0 Å². The molecule has 3 aliphatic rings. The summed E-state index contributed by atoms with van der Waals surface area (Å²) in [5.41, 5.74) is 0. The van der Waals surface area contributed by atoms with Crippen LogP contribution in [0.2, 0.25) is 0 Å². The molecule has 0 aromatic carbocycles. The van der Waals surface area contributed by atoms with Crippen LogP contribution in [0, 0.1) is 0 Å². The van der Waals surface area contributed by atoms with Gasteiger partial charge in [0.15, 0.2) is 9.84 Å². The second-order valence-electron chi connectivity index (χ2n) is 6.00. The summed E-state index contributed by atoms with van der Waals surface area (Å²) in [6.07, 6.45) is 3.47. The molecular formula is C13H22N2O4S. The SMILES string of the molecule is O=C(N[C@@H]1CS(=O)(=O)C[C@@H]1N1CCCC1)[C@@H]1CCCO1. The van der Waals surface area contributed by atoms with Crippen LogP contribution in [0.3, 0.4) is 0 Å². The molecule has 0 unspecified atom stereocenters. The number of carbonyl (C=O) groups is 1. The maximum absolute atomic E-state index is 12.1. The first-order valence-electron chi connectivity index (χ1n) is 7.42. The van der Waals surface area contributed by atoms with E-state index >= 15 is 0 Å². The number of hydrogen-bond acceptors (Lipinski definition) is 5. The van der Waals surface area contributed by atoms with Crippen molar-refractivity contribution >= 4 is 15.7 Å². The number of nitrogens with one attached hydrogen (secondary N) is 1. The molecule has 0 aliphatic carbocycles. The molecule has 20 heavy (non-hydrogen) atoms. The second kappa shape index (κ2) is 5.61. The predicted molar refractivity (Wildman–Crippen MR) is 74.2 cm³/mol. The van der Waals surface area contributed by atoms with Crippen LogP contribution in [0.25, 0.3) is 0 Å². The molecule has 0 aromatic heterocycles. The molecule has 114 valence electrons. The lowest BCUT2D eigenvalue weighted by Crippen LogP contribution is -2.52. The van der Waals surface area contributed by atoms with Crippen molar-refractivity contribution in [2.45, 2.75) is 43.9 Å². The van der Waals surface area contributed by atoms with Crippen molar-refractivity contribution in [2.75, 3.05) is 31.2 Å². The molecule has 1 amide bonds. The highest BCUT2D eigenvalue weighted by Crippen LogP contribution is 2.23. The molecule has 3 heterocycles. The van der Waals surface area contributed by atoms with E-state index in [9.17, 15) is 13.2 Å². The number of likely N-dealkylation sites (tertiary alicyclic amines) is 1. The van der Waals surface area contributed by atoms with E-state index in [0.29, 0.717) is 6.61 Å². The molecule has 6 nitrogen and oxygen atoms in total. The van der Waals surface area contributed by atoms with E-state index in [1.807, 2.05) is 0 Å². The Morgan fingerprint density at radius 3 is 2.55 bits per heavy atom. The van der Waals surface area contributed by atoms with Gasteiger partial charge in [-0.2, -0.15) is 0 Å². The van der Waals surface area contributed by atoms with E-state index in [0.717, 1.165) is 38.8 Å². The van der Waals surface area contributed by atoms with E-state index in [1.54, 1.807) is 0 Å². The lowest BCUT2D eigenvalue weighted by molar-refractivity contribution is -0.131. The molecular weight excluding hydrogens is 280 g/mol. The van der Waals surface area contributed by atoms with E-state index in [1.165, 1.54) is 0 Å². The van der Waals surface area contributed by atoms with Crippen LogP contribution < -0.4 is 5.32 Å². The maximum atomic E-state index is 12.1. The molecule has 0 radical (unpaired) electrons. The van der Waals surface area contributed by atoms with Gasteiger partial charge >= 0.3 is 0 Å². The highest BCUT2D eigenvalue weighted by Gasteiger charge is 2.43. The minimum atomic E-state index is -3.05. The normalized spacial score (nSPS) is 37.3. The quantitative estimate of drug-likeness (QED) is 0.764. The molecule has 1 N–H and O–H groups in total. The lowest BCUT2D eigenvalue weighted by Gasteiger charge is -2.28. The van der Waals surface area contributed by atoms with E-state index in [-0.39, 0.29) is 29.5 Å². The molecule has 7 heteroatoms. The Morgan fingerprint density at radius 1 is 1.15 bits per heavy atom. The van der Waals surface area contributed by atoms with Gasteiger partial charge in [0, 0.05) is 12.6 Å². The van der Waals surface area contributed by atoms with Gasteiger partial charge in [-0.25, -0.2) is 8.42 Å². The zero-order chi connectivity index (χ0) is 14.2. The highest BCUT2D eigenvalue weighted by atomic mass is 32.2. The summed E-state index contributed by atoms with van der Waals surface area (Å²) in [5, 5.41) is 2.92. The average molecular weight is 302 g/mol. The van der Waals surface area contributed by atoms with Crippen molar-refractivity contribution in [3.05, 3.63) is 0 Å². The number of sulfone groups is 1. The van der Waals surface area contributed by atoms with Crippen LogP contribution in [0.1, 0.15) is 25.7 Å². The first-order chi connectivity index (χ1) is 9.55. The number of amides is 1. The Bertz CT molecular complexity index is 467. The van der Waals surface area contributed by atoms with Crippen LogP contribution in [0.4, 0.5) is 0 Å². The molecule has 0 saturated carbocycles. The standard InChI is InChI=1S/C13H22N2O4S/c16-13(12-4-3-7-19-12)14-10-8-20(17,18)9-11(10)15-5-1-2-6-15/h10-12H,1-9H2,(H,14,16)/t10-,11+,12+/m1/s1. The Kier molecular flexibility index (Phi) is 4.01. The van der Waals surface area contributed by atoms with Crippen molar-refractivity contribution in [2.24, 2.45) is 0 Å². The summed E-state index contributed by atoms with van der Waals surface area (Å²) in [6.45, 7) is 2.50. The second-order valence-corrected chi connectivity index (χ2v) is 8.16. The van der Waals surface area contributed by atoms with E-state index in [4.69, 9.17) is 4.74 Å². The summed E-state index contributed by atoms with van der Waals surface area (Å²) < 4.78 is 29.2. The monoisotopic (exact) mass is 302 g/mol. The third-order valence-electron chi connectivity index (χ3n) is 4.48. The van der Waals surface area contributed by atoms with E-state index < -0.39 is 15.9 Å². The number of nitrogens with zero attached hydrogens (tertiary/aromatic N) is 1. The summed E-state index contributed by atoms with van der Waals surface area (Å²) in [6, 6.07) is -0.345. The van der Waals surface area contributed by atoms with Crippen LogP contribution in [0.5, 0.6) is 0 Å². The van der Waals surface area contributed by atoms with Gasteiger partial charge in [0.2, 0.25) is 5.91 Å². The molecule has 3 rings (SSSR count). The predicted octanol–water partition coefficient (Wildman–Crippen LogP) is -0.457. The van der Waals surface area contributed by atoms with Gasteiger partial charge in [0.05, 0.1) is 17.5 Å². The minimum Gasteiger partial charge on any atom is -0.368 e. The molecule has 0 spiro atoms. The molecule has 3 saturated heterocycles. The summed E-state index contributed by atoms with van der Waals surface area (Å²) >= 11 is 0. The maximum Gasteiger partial charge on any atom is 0.249 e. The lowest BCUT2D eigenvalue weighted by atomic mass is 10.1. The zero-order valence-electron chi connectivity index (χ0n) is 11.6. The first-order valence-corrected chi connectivity index (χ1v) is 9.24. The first kappa shape index (κ1) is 14.3. The van der Waals surface area contributed by atoms with Gasteiger partial charge in [-0.05, 0) is 38.8 Å². The number of rotatable bonds is 3.